The van der Waals surface area contributed by atoms with Crippen LogP contribution in [0.4, 0.5) is 8.78 Å². The Labute approximate surface area is 86.5 Å². The minimum atomic E-state index is -1.12. The molecule has 15 heavy (non-hydrogen) atoms. The summed E-state index contributed by atoms with van der Waals surface area (Å²) in [6, 6.07) is 1.59. The van der Waals surface area contributed by atoms with Gasteiger partial charge in [-0.3, -0.25) is 0 Å². The quantitative estimate of drug-likeness (QED) is 0.803. The predicted molar refractivity (Wildman–Crippen MR) is 51.5 cm³/mol. The Morgan fingerprint density at radius 1 is 1.40 bits per heavy atom. The number of nitrogens with two attached hydrogens (primary N) is 1. The van der Waals surface area contributed by atoms with E-state index in [4.69, 9.17) is 10.5 Å². The van der Waals surface area contributed by atoms with Crippen LogP contribution in [0.3, 0.4) is 0 Å². The summed E-state index contributed by atoms with van der Waals surface area (Å²) in [5.41, 5.74) is 5.60. The monoisotopic (exact) mass is 217 g/mol. The molecule has 84 valence electrons. The van der Waals surface area contributed by atoms with Gasteiger partial charge in [0.05, 0.1) is 13.2 Å². The molecule has 0 aliphatic rings. The van der Waals surface area contributed by atoms with Crippen LogP contribution in [0, 0.1) is 11.6 Å². The highest BCUT2D eigenvalue weighted by Crippen LogP contribution is 2.30. The lowest BCUT2D eigenvalue weighted by molar-refractivity contribution is 0.148. The van der Waals surface area contributed by atoms with E-state index < -0.39 is 23.8 Å². The van der Waals surface area contributed by atoms with E-state index in [1.165, 1.54) is 13.2 Å². The molecule has 0 heterocycles. The number of hydrogen-bond donors (Lipinski definition) is 2. The Kier molecular flexibility index (Phi) is 3.60. The zero-order valence-electron chi connectivity index (χ0n) is 8.50. The van der Waals surface area contributed by atoms with Crippen LogP contribution in [-0.4, -0.2) is 18.3 Å². The molecule has 0 saturated carbocycles. The molecule has 3 nitrogen and oxygen atoms in total. The molecule has 0 aliphatic heterocycles. The lowest BCUT2D eigenvalue weighted by Crippen LogP contribution is -2.25. The van der Waals surface area contributed by atoms with Crippen molar-refractivity contribution in [1.82, 2.24) is 0 Å². The van der Waals surface area contributed by atoms with Crippen LogP contribution in [0.5, 0.6) is 5.75 Å². The van der Waals surface area contributed by atoms with Crippen molar-refractivity contribution in [2.24, 2.45) is 5.73 Å². The summed E-state index contributed by atoms with van der Waals surface area (Å²) in [6.45, 7) is 1.56. The van der Waals surface area contributed by atoms with Crippen molar-refractivity contribution < 1.29 is 18.6 Å². The van der Waals surface area contributed by atoms with Gasteiger partial charge in [-0.2, -0.15) is 4.39 Å². The third-order valence-corrected chi connectivity index (χ3v) is 2.10. The summed E-state index contributed by atoms with van der Waals surface area (Å²) in [7, 11) is 1.20. The van der Waals surface area contributed by atoms with Crippen LogP contribution in [0.2, 0.25) is 0 Å². The van der Waals surface area contributed by atoms with Crippen LogP contribution >= 0.6 is 0 Å². The highest BCUT2D eigenvalue weighted by Gasteiger charge is 2.21. The van der Waals surface area contributed by atoms with E-state index in [1.807, 2.05) is 0 Å². The minimum absolute atomic E-state index is 0.145. The molecule has 0 aromatic heterocycles. The molecule has 1 rings (SSSR count). The second kappa shape index (κ2) is 4.55. The number of hydrogen-bond acceptors (Lipinski definition) is 3. The maximum absolute atomic E-state index is 13.2. The van der Waals surface area contributed by atoms with Crippen LogP contribution < -0.4 is 10.5 Å². The van der Waals surface area contributed by atoms with Crippen molar-refractivity contribution in [2.75, 3.05) is 7.11 Å². The summed E-state index contributed by atoms with van der Waals surface area (Å²) < 4.78 is 30.8. The van der Waals surface area contributed by atoms with E-state index in [1.54, 1.807) is 6.92 Å². The van der Waals surface area contributed by atoms with Gasteiger partial charge in [0.25, 0.3) is 0 Å². The van der Waals surface area contributed by atoms with Gasteiger partial charge < -0.3 is 15.6 Å². The summed E-state index contributed by atoms with van der Waals surface area (Å²) >= 11 is 0. The van der Waals surface area contributed by atoms with E-state index >= 15 is 0 Å². The first-order valence-corrected chi connectivity index (χ1v) is 4.44. The van der Waals surface area contributed by atoms with Crippen molar-refractivity contribution >= 4 is 0 Å². The van der Waals surface area contributed by atoms with Crippen molar-refractivity contribution in [1.29, 1.82) is 0 Å². The molecule has 0 fully saturated rings. The van der Waals surface area contributed by atoms with E-state index in [-0.39, 0.29) is 11.3 Å². The first-order chi connectivity index (χ1) is 6.99. The second-order valence-electron chi connectivity index (χ2n) is 3.29. The Hall–Kier alpha value is -1.20. The Balaban J connectivity index is 3.24. The second-order valence-corrected chi connectivity index (χ2v) is 3.29. The number of aliphatic hydroxyl groups excluding tert-OH is 1. The Morgan fingerprint density at radius 2 is 2.00 bits per heavy atom. The topological polar surface area (TPSA) is 55.5 Å². The molecule has 2 unspecified atom stereocenters. The van der Waals surface area contributed by atoms with Gasteiger partial charge >= 0.3 is 0 Å². The van der Waals surface area contributed by atoms with Crippen LogP contribution in [0.15, 0.2) is 12.1 Å². The van der Waals surface area contributed by atoms with Crippen LogP contribution in [0.25, 0.3) is 0 Å². The minimum Gasteiger partial charge on any atom is -0.493 e. The van der Waals surface area contributed by atoms with E-state index in [0.29, 0.717) is 0 Å². The predicted octanol–water partition coefficient (Wildman–Crippen LogP) is 1.35. The Morgan fingerprint density at radius 3 is 2.47 bits per heavy atom. The molecule has 1 aromatic rings. The van der Waals surface area contributed by atoms with Crippen molar-refractivity contribution in [3.63, 3.8) is 0 Å². The van der Waals surface area contributed by atoms with Crippen LogP contribution in [-0.2, 0) is 0 Å². The summed E-state index contributed by atoms with van der Waals surface area (Å²) in [4.78, 5) is 0. The molecule has 5 heteroatoms. The lowest BCUT2D eigenvalue weighted by Gasteiger charge is -2.18. The van der Waals surface area contributed by atoms with E-state index in [9.17, 15) is 13.9 Å². The normalized spacial score (nSPS) is 14.8. The molecular formula is C10H13F2NO2. The largest absolute Gasteiger partial charge is 0.493 e. The zero-order chi connectivity index (χ0) is 11.6. The average Bonchev–Trinajstić information content (AvgIpc) is 2.20. The number of rotatable bonds is 3. The molecule has 0 spiro atoms. The van der Waals surface area contributed by atoms with E-state index in [0.717, 1.165) is 6.07 Å². The molecule has 1 aromatic carbocycles. The van der Waals surface area contributed by atoms with Gasteiger partial charge in [-0.15, -0.1) is 0 Å². The van der Waals surface area contributed by atoms with Crippen LogP contribution in [0.1, 0.15) is 18.6 Å². The average molecular weight is 217 g/mol. The molecule has 2 atom stereocenters. The Bertz CT molecular complexity index is 356. The van der Waals surface area contributed by atoms with Crippen molar-refractivity contribution in [2.45, 2.75) is 19.1 Å². The molecule has 0 amide bonds. The molecular weight excluding hydrogens is 204 g/mol. The van der Waals surface area contributed by atoms with Gasteiger partial charge in [0.2, 0.25) is 5.82 Å². The van der Waals surface area contributed by atoms with Gasteiger partial charge in [0.15, 0.2) is 11.6 Å². The number of halogens is 2. The standard InChI is InChI=1S/C10H13F2NO2/c1-5(13)9(14)6-3-4-7(11)8(12)10(6)15-2/h3-5,9,14H,13H2,1-2H3. The van der Waals surface area contributed by atoms with E-state index in [2.05, 4.69) is 0 Å². The van der Waals surface area contributed by atoms with Gasteiger partial charge in [0.1, 0.15) is 0 Å². The smallest absolute Gasteiger partial charge is 0.200 e. The highest BCUT2D eigenvalue weighted by molar-refractivity contribution is 5.37. The first kappa shape index (κ1) is 11.9. The maximum atomic E-state index is 13.2. The molecule has 3 N–H and O–H groups in total. The summed E-state index contributed by atoms with van der Waals surface area (Å²) in [5.74, 6) is -2.44. The van der Waals surface area contributed by atoms with Gasteiger partial charge in [0, 0.05) is 11.6 Å². The van der Waals surface area contributed by atoms with Gasteiger partial charge in [-0.1, -0.05) is 0 Å². The number of methoxy groups -OCH3 is 1. The summed E-state index contributed by atoms with van der Waals surface area (Å²) in [5, 5.41) is 9.63. The fourth-order valence-corrected chi connectivity index (χ4v) is 1.27. The maximum Gasteiger partial charge on any atom is 0.200 e. The molecule has 0 radical (unpaired) electrons. The third-order valence-electron chi connectivity index (χ3n) is 2.10. The number of benzene rings is 1. The van der Waals surface area contributed by atoms with Crippen molar-refractivity contribution in [3.8, 4) is 5.75 Å². The fourth-order valence-electron chi connectivity index (χ4n) is 1.27. The fraction of sp³-hybridized carbons (Fsp3) is 0.400. The van der Waals surface area contributed by atoms with Crippen molar-refractivity contribution in [3.05, 3.63) is 29.3 Å². The first-order valence-electron chi connectivity index (χ1n) is 4.44. The zero-order valence-corrected chi connectivity index (χ0v) is 8.50. The summed E-state index contributed by atoms with van der Waals surface area (Å²) in [6.07, 6.45) is -1.09. The third kappa shape index (κ3) is 2.24. The van der Waals surface area contributed by atoms with Gasteiger partial charge in [-0.25, -0.2) is 4.39 Å². The van der Waals surface area contributed by atoms with Gasteiger partial charge in [-0.05, 0) is 19.1 Å². The molecule has 0 saturated heterocycles. The number of aliphatic hydroxyl groups is 1. The molecule has 0 aliphatic carbocycles. The number of ether oxygens (including phenoxy) is 1. The highest BCUT2D eigenvalue weighted by atomic mass is 19.2. The lowest BCUT2D eigenvalue weighted by atomic mass is 10.0. The SMILES string of the molecule is COc1c(C(O)C(C)N)ccc(F)c1F. The molecule has 0 bridgehead atoms.